The van der Waals surface area contributed by atoms with Gasteiger partial charge in [-0.3, -0.25) is 4.79 Å². The summed E-state index contributed by atoms with van der Waals surface area (Å²) in [4.78, 5) is 23.1. The SMILES string of the molecule is Cc1noc(-c2ccnc(-n3ncc(C(=O)N4CCCC4)c3C)c2)n1. The number of aromatic nitrogens is 5. The van der Waals surface area contributed by atoms with Gasteiger partial charge in [0.2, 0.25) is 0 Å². The van der Waals surface area contributed by atoms with Crippen LogP contribution in [-0.2, 0) is 0 Å². The van der Waals surface area contributed by atoms with Crippen LogP contribution in [-0.4, -0.2) is 48.8 Å². The predicted octanol–water partition coefficient (Wildman–Crippen LogP) is 2.17. The number of carbonyl (C=O) groups is 1. The van der Waals surface area contributed by atoms with Gasteiger partial charge in [0.25, 0.3) is 11.8 Å². The first-order valence-electron chi connectivity index (χ1n) is 8.24. The lowest BCUT2D eigenvalue weighted by Gasteiger charge is -2.14. The van der Waals surface area contributed by atoms with Crippen LogP contribution in [0.4, 0.5) is 0 Å². The lowest BCUT2D eigenvalue weighted by Crippen LogP contribution is -2.27. The first-order chi connectivity index (χ1) is 12.1. The Morgan fingerprint density at radius 2 is 2.04 bits per heavy atom. The van der Waals surface area contributed by atoms with E-state index in [2.05, 4.69) is 20.2 Å². The summed E-state index contributed by atoms with van der Waals surface area (Å²) in [6.45, 7) is 5.27. The standard InChI is InChI=1S/C17H18N6O2/c1-11-14(17(24)22-7-3-4-8-22)10-19-23(11)15-9-13(5-6-18-15)16-20-12(2)21-25-16/h5-6,9-10H,3-4,7-8H2,1-2H3. The Bertz CT molecular complexity index is 923. The molecule has 0 radical (unpaired) electrons. The number of hydrogen-bond acceptors (Lipinski definition) is 6. The van der Waals surface area contributed by atoms with Gasteiger partial charge in [0.1, 0.15) is 0 Å². The zero-order chi connectivity index (χ0) is 17.4. The lowest BCUT2D eigenvalue weighted by molar-refractivity contribution is 0.0792. The van der Waals surface area contributed by atoms with Gasteiger partial charge in [0.15, 0.2) is 11.6 Å². The number of aryl methyl sites for hydroxylation is 1. The van der Waals surface area contributed by atoms with Crippen molar-refractivity contribution in [3.05, 3.63) is 41.6 Å². The highest BCUT2D eigenvalue weighted by atomic mass is 16.5. The zero-order valence-corrected chi connectivity index (χ0v) is 14.1. The molecule has 25 heavy (non-hydrogen) atoms. The second kappa shape index (κ2) is 6.12. The minimum absolute atomic E-state index is 0.0323. The number of nitrogens with zero attached hydrogens (tertiary/aromatic N) is 6. The maximum Gasteiger partial charge on any atom is 0.258 e. The summed E-state index contributed by atoms with van der Waals surface area (Å²) in [5, 5.41) is 8.16. The molecule has 1 saturated heterocycles. The average Bonchev–Trinajstić information content (AvgIpc) is 3.35. The van der Waals surface area contributed by atoms with E-state index in [1.165, 1.54) is 0 Å². The van der Waals surface area contributed by atoms with Gasteiger partial charge in [0.05, 0.1) is 17.5 Å². The highest BCUT2D eigenvalue weighted by Gasteiger charge is 2.23. The molecule has 8 heteroatoms. The quantitative estimate of drug-likeness (QED) is 0.727. The summed E-state index contributed by atoms with van der Waals surface area (Å²) in [6.07, 6.45) is 5.40. The number of pyridine rings is 1. The Morgan fingerprint density at radius 3 is 2.76 bits per heavy atom. The molecule has 128 valence electrons. The van der Waals surface area contributed by atoms with Crippen LogP contribution in [0.3, 0.4) is 0 Å². The summed E-state index contributed by atoms with van der Waals surface area (Å²) in [6, 6.07) is 3.61. The molecule has 0 aliphatic carbocycles. The summed E-state index contributed by atoms with van der Waals surface area (Å²) in [5.41, 5.74) is 2.14. The average molecular weight is 338 g/mol. The molecule has 8 nitrogen and oxygen atoms in total. The largest absolute Gasteiger partial charge is 0.339 e. The molecule has 4 rings (SSSR count). The van der Waals surface area contributed by atoms with E-state index < -0.39 is 0 Å². The molecule has 0 saturated carbocycles. The van der Waals surface area contributed by atoms with E-state index in [9.17, 15) is 4.79 Å². The number of amides is 1. The van der Waals surface area contributed by atoms with Crippen molar-refractivity contribution in [1.29, 1.82) is 0 Å². The van der Waals surface area contributed by atoms with E-state index in [1.807, 2.05) is 17.9 Å². The van der Waals surface area contributed by atoms with Crippen LogP contribution in [0.25, 0.3) is 17.3 Å². The molecule has 0 unspecified atom stereocenters. The van der Waals surface area contributed by atoms with Crippen molar-refractivity contribution < 1.29 is 9.32 Å². The van der Waals surface area contributed by atoms with Crippen molar-refractivity contribution >= 4 is 5.91 Å². The molecule has 4 heterocycles. The number of likely N-dealkylation sites (tertiary alicyclic amines) is 1. The maximum absolute atomic E-state index is 12.6. The fraction of sp³-hybridized carbons (Fsp3) is 0.353. The third-order valence-corrected chi connectivity index (χ3v) is 4.37. The van der Waals surface area contributed by atoms with Crippen LogP contribution in [0.1, 0.15) is 34.7 Å². The molecule has 1 amide bonds. The topological polar surface area (TPSA) is 89.9 Å². The third-order valence-electron chi connectivity index (χ3n) is 4.37. The molecule has 0 spiro atoms. The highest BCUT2D eigenvalue weighted by Crippen LogP contribution is 2.21. The first kappa shape index (κ1) is 15.5. The van der Waals surface area contributed by atoms with Crippen LogP contribution < -0.4 is 0 Å². The van der Waals surface area contributed by atoms with E-state index in [0.29, 0.717) is 23.1 Å². The molecule has 3 aromatic rings. The molecule has 1 aliphatic rings. The van der Waals surface area contributed by atoms with Crippen LogP contribution in [0.15, 0.2) is 29.0 Å². The van der Waals surface area contributed by atoms with Crippen molar-refractivity contribution in [2.24, 2.45) is 0 Å². The Hall–Kier alpha value is -3.03. The summed E-state index contributed by atoms with van der Waals surface area (Å²) < 4.78 is 6.87. The second-order valence-electron chi connectivity index (χ2n) is 6.10. The Morgan fingerprint density at radius 1 is 1.24 bits per heavy atom. The predicted molar refractivity (Wildman–Crippen MR) is 89.3 cm³/mol. The normalized spacial score (nSPS) is 14.2. The smallest absolute Gasteiger partial charge is 0.258 e. The zero-order valence-electron chi connectivity index (χ0n) is 14.1. The Labute approximate surface area is 144 Å². The van der Waals surface area contributed by atoms with Crippen molar-refractivity contribution in [3.8, 4) is 17.3 Å². The van der Waals surface area contributed by atoms with Gasteiger partial charge >= 0.3 is 0 Å². The van der Waals surface area contributed by atoms with Crippen molar-refractivity contribution in [2.75, 3.05) is 13.1 Å². The van der Waals surface area contributed by atoms with Crippen LogP contribution in [0.5, 0.6) is 0 Å². The maximum atomic E-state index is 12.6. The third kappa shape index (κ3) is 2.79. The number of rotatable bonds is 3. The molecule has 1 fully saturated rings. The lowest BCUT2D eigenvalue weighted by atomic mass is 10.2. The Balaban J connectivity index is 1.67. The van der Waals surface area contributed by atoms with Crippen LogP contribution >= 0.6 is 0 Å². The minimum Gasteiger partial charge on any atom is -0.339 e. The van der Waals surface area contributed by atoms with Crippen molar-refractivity contribution in [3.63, 3.8) is 0 Å². The van der Waals surface area contributed by atoms with Gasteiger partial charge in [-0.05, 0) is 38.8 Å². The van der Waals surface area contributed by atoms with E-state index in [0.717, 1.165) is 37.2 Å². The van der Waals surface area contributed by atoms with Gasteiger partial charge in [-0.15, -0.1) is 0 Å². The summed E-state index contributed by atoms with van der Waals surface area (Å²) in [7, 11) is 0. The van der Waals surface area contributed by atoms with Gasteiger partial charge in [-0.25, -0.2) is 9.67 Å². The molecule has 0 N–H and O–H groups in total. The van der Waals surface area contributed by atoms with Gasteiger partial charge in [-0.1, -0.05) is 5.16 Å². The van der Waals surface area contributed by atoms with E-state index in [-0.39, 0.29) is 5.91 Å². The first-order valence-corrected chi connectivity index (χ1v) is 8.24. The Kier molecular flexibility index (Phi) is 3.79. The number of hydrogen-bond donors (Lipinski definition) is 0. The highest BCUT2D eigenvalue weighted by molar-refractivity contribution is 5.95. The van der Waals surface area contributed by atoms with E-state index in [4.69, 9.17) is 4.52 Å². The van der Waals surface area contributed by atoms with Crippen molar-refractivity contribution in [1.82, 2.24) is 29.8 Å². The minimum atomic E-state index is 0.0323. The number of carbonyl (C=O) groups excluding carboxylic acids is 1. The van der Waals surface area contributed by atoms with Crippen LogP contribution in [0, 0.1) is 13.8 Å². The summed E-state index contributed by atoms with van der Waals surface area (Å²) in [5.74, 6) is 1.64. The van der Waals surface area contributed by atoms with Crippen molar-refractivity contribution in [2.45, 2.75) is 26.7 Å². The molecule has 0 atom stereocenters. The molecule has 0 bridgehead atoms. The fourth-order valence-electron chi connectivity index (χ4n) is 3.02. The van der Waals surface area contributed by atoms with E-state index in [1.54, 1.807) is 30.1 Å². The molecule has 1 aliphatic heterocycles. The second-order valence-corrected chi connectivity index (χ2v) is 6.10. The van der Waals surface area contributed by atoms with E-state index >= 15 is 0 Å². The monoisotopic (exact) mass is 338 g/mol. The molecular formula is C17H18N6O2. The molecular weight excluding hydrogens is 320 g/mol. The summed E-state index contributed by atoms with van der Waals surface area (Å²) >= 11 is 0. The van der Waals surface area contributed by atoms with Gasteiger partial charge < -0.3 is 9.42 Å². The molecule has 0 aromatic carbocycles. The van der Waals surface area contributed by atoms with Gasteiger partial charge in [-0.2, -0.15) is 10.1 Å². The molecule has 3 aromatic heterocycles. The van der Waals surface area contributed by atoms with Crippen LogP contribution in [0.2, 0.25) is 0 Å². The fourth-order valence-corrected chi connectivity index (χ4v) is 3.02. The van der Waals surface area contributed by atoms with Gasteiger partial charge in [0, 0.05) is 24.8 Å².